The van der Waals surface area contributed by atoms with Gasteiger partial charge in [-0.25, -0.2) is 9.37 Å². The second-order valence-corrected chi connectivity index (χ2v) is 4.97. The second-order valence-electron chi connectivity index (χ2n) is 4.15. The Hall–Kier alpha value is -1.95. The van der Waals surface area contributed by atoms with Crippen LogP contribution in [-0.2, 0) is 11.2 Å². The Morgan fingerprint density at radius 2 is 2.25 bits per heavy atom. The van der Waals surface area contributed by atoms with E-state index in [-0.39, 0.29) is 18.1 Å². The average molecular weight is 291 g/mol. The lowest BCUT2D eigenvalue weighted by atomic mass is 10.1. The highest BCUT2D eigenvalue weighted by atomic mass is 32.2. The second kappa shape index (κ2) is 7.00. The first kappa shape index (κ1) is 14.5. The van der Waals surface area contributed by atoms with Gasteiger partial charge in [-0.2, -0.15) is 0 Å². The van der Waals surface area contributed by atoms with Gasteiger partial charge < -0.3 is 5.32 Å². The van der Waals surface area contributed by atoms with Gasteiger partial charge in [0.15, 0.2) is 0 Å². The van der Waals surface area contributed by atoms with Crippen molar-refractivity contribution >= 4 is 23.4 Å². The molecule has 1 amide bonds. The van der Waals surface area contributed by atoms with Crippen LogP contribution in [0.4, 0.5) is 10.1 Å². The molecule has 0 atom stereocenters. The summed E-state index contributed by atoms with van der Waals surface area (Å²) < 4.78 is 12.9. The minimum Gasteiger partial charge on any atom is -0.326 e. The van der Waals surface area contributed by atoms with Crippen LogP contribution in [0.3, 0.4) is 0 Å². The molecule has 6 heteroatoms. The lowest BCUT2D eigenvalue weighted by Crippen LogP contribution is -2.12. The summed E-state index contributed by atoms with van der Waals surface area (Å²) in [5.41, 5.74) is 1.42. The van der Waals surface area contributed by atoms with Gasteiger partial charge in [-0.05, 0) is 36.4 Å². The van der Waals surface area contributed by atoms with Crippen LogP contribution in [0.1, 0.15) is 12.0 Å². The molecule has 2 aromatic rings. The van der Waals surface area contributed by atoms with Gasteiger partial charge in [0.2, 0.25) is 5.91 Å². The maximum atomic E-state index is 12.9. The van der Waals surface area contributed by atoms with Crippen LogP contribution >= 0.6 is 11.8 Å². The highest BCUT2D eigenvalue weighted by Gasteiger charge is 2.05. The zero-order valence-corrected chi connectivity index (χ0v) is 11.8. The minimum atomic E-state index is -0.387. The van der Waals surface area contributed by atoms with E-state index in [0.29, 0.717) is 17.7 Å². The summed E-state index contributed by atoms with van der Waals surface area (Å²) in [4.78, 5) is 19.7. The number of thioether (sulfide) groups is 1. The summed E-state index contributed by atoms with van der Waals surface area (Å²) in [6, 6.07) is 4.94. The van der Waals surface area contributed by atoms with E-state index in [0.717, 1.165) is 11.2 Å². The van der Waals surface area contributed by atoms with Gasteiger partial charge in [0.1, 0.15) is 5.82 Å². The van der Waals surface area contributed by atoms with Crippen LogP contribution in [0.5, 0.6) is 0 Å². The van der Waals surface area contributed by atoms with Crippen molar-refractivity contribution in [1.82, 2.24) is 9.97 Å². The zero-order valence-electron chi connectivity index (χ0n) is 11.0. The van der Waals surface area contributed by atoms with Crippen molar-refractivity contribution in [2.45, 2.75) is 17.9 Å². The Labute approximate surface area is 120 Å². The van der Waals surface area contributed by atoms with Crippen LogP contribution < -0.4 is 5.32 Å². The summed E-state index contributed by atoms with van der Waals surface area (Å²) in [5, 5.41) is 3.64. The monoisotopic (exact) mass is 291 g/mol. The van der Waals surface area contributed by atoms with Gasteiger partial charge in [-0.3, -0.25) is 9.78 Å². The van der Waals surface area contributed by atoms with Gasteiger partial charge >= 0.3 is 0 Å². The SMILES string of the molecule is CSc1cc(NC(=O)CCc2cncc(F)c2)ccn1. The van der Waals surface area contributed by atoms with Crippen LogP contribution in [0.15, 0.2) is 41.8 Å². The molecule has 0 saturated carbocycles. The normalized spacial score (nSPS) is 10.3. The number of pyridine rings is 2. The van der Waals surface area contributed by atoms with Crippen molar-refractivity contribution in [3.8, 4) is 0 Å². The Morgan fingerprint density at radius 1 is 1.40 bits per heavy atom. The van der Waals surface area contributed by atoms with Crippen LogP contribution in [0.25, 0.3) is 0 Å². The first-order chi connectivity index (χ1) is 9.67. The number of nitrogens with zero attached hydrogens (tertiary/aromatic N) is 2. The number of aromatic nitrogens is 2. The number of carbonyl (C=O) groups is 1. The third-order valence-electron chi connectivity index (χ3n) is 2.63. The largest absolute Gasteiger partial charge is 0.326 e. The fraction of sp³-hybridized carbons (Fsp3) is 0.214. The minimum absolute atomic E-state index is 0.118. The Bertz CT molecular complexity index is 606. The Kier molecular flexibility index (Phi) is 5.06. The molecule has 0 aliphatic carbocycles. The molecule has 1 N–H and O–H groups in total. The predicted octanol–water partition coefficient (Wildman–Crippen LogP) is 2.91. The molecule has 0 bridgehead atoms. The molecule has 0 unspecified atom stereocenters. The topological polar surface area (TPSA) is 54.9 Å². The number of nitrogens with one attached hydrogen (secondary N) is 1. The number of halogens is 1. The number of hydrogen-bond acceptors (Lipinski definition) is 4. The average Bonchev–Trinajstić information content (AvgIpc) is 2.45. The molecule has 0 spiro atoms. The predicted molar refractivity (Wildman–Crippen MR) is 77.2 cm³/mol. The lowest BCUT2D eigenvalue weighted by Gasteiger charge is -2.06. The quantitative estimate of drug-likeness (QED) is 0.861. The lowest BCUT2D eigenvalue weighted by molar-refractivity contribution is -0.116. The third kappa shape index (κ3) is 4.31. The maximum absolute atomic E-state index is 12.9. The molecule has 0 aromatic carbocycles. The number of amides is 1. The number of aryl methyl sites for hydroxylation is 1. The first-order valence-corrected chi connectivity index (χ1v) is 7.29. The number of hydrogen-bond donors (Lipinski definition) is 1. The molecule has 2 rings (SSSR count). The van der Waals surface area contributed by atoms with E-state index >= 15 is 0 Å². The number of rotatable bonds is 5. The molecule has 0 aliphatic rings. The van der Waals surface area contributed by atoms with Crippen LogP contribution in [-0.4, -0.2) is 22.1 Å². The zero-order chi connectivity index (χ0) is 14.4. The van der Waals surface area contributed by atoms with Gasteiger partial charge in [0, 0.05) is 24.5 Å². The molecular formula is C14H14FN3OS. The molecule has 2 heterocycles. The van der Waals surface area contributed by atoms with Gasteiger partial charge in [0.05, 0.1) is 11.2 Å². The van der Waals surface area contributed by atoms with Crippen molar-refractivity contribution in [2.24, 2.45) is 0 Å². The summed E-state index contributed by atoms with van der Waals surface area (Å²) in [6.45, 7) is 0. The van der Waals surface area contributed by atoms with Crippen molar-refractivity contribution in [2.75, 3.05) is 11.6 Å². The molecule has 0 radical (unpaired) electrons. The van der Waals surface area contributed by atoms with Crippen LogP contribution in [0.2, 0.25) is 0 Å². The summed E-state index contributed by atoms with van der Waals surface area (Å²) in [5.74, 6) is -0.505. The molecule has 104 valence electrons. The summed E-state index contributed by atoms with van der Waals surface area (Å²) in [6.07, 6.45) is 7.01. The van der Waals surface area contributed by atoms with Crippen molar-refractivity contribution < 1.29 is 9.18 Å². The number of anilines is 1. The Balaban J connectivity index is 1.89. The van der Waals surface area contributed by atoms with Gasteiger partial charge in [-0.15, -0.1) is 11.8 Å². The molecular weight excluding hydrogens is 277 g/mol. The highest BCUT2D eigenvalue weighted by molar-refractivity contribution is 7.98. The smallest absolute Gasteiger partial charge is 0.224 e. The van der Waals surface area contributed by atoms with E-state index < -0.39 is 0 Å². The maximum Gasteiger partial charge on any atom is 0.224 e. The number of carbonyl (C=O) groups excluding carboxylic acids is 1. The fourth-order valence-electron chi connectivity index (χ4n) is 1.67. The van der Waals surface area contributed by atoms with E-state index in [9.17, 15) is 9.18 Å². The molecule has 0 saturated heterocycles. The van der Waals surface area contributed by atoms with E-state index in [4.69, 9.17) is 0 Å². The molecule has 0 fully saturated rings. The van der Waals surface area contributed by atoms with Crippen molar-refractivity contribution in [3.05, 3.63) is 48.2 Å². The third-order valence-corrected chi connectivity index (χ3v) is 3.27. The Morgan fingerprint density at radius 3 is 3.00 bits per heavy atom. The summed E-state index contributed by atoms with van der Waals surface area (Å²) in [7, 11) is 0. The molecule has 4 nitrogen and oxygen atoms in total. The summed E-state index contributed by atoms with van der Waals surface area (Å²) >= 11 is 1.51. The fourth-order valence-corrected chi connectivity index (χ4v) is 2.08. The van der Waals surface area contributed by atoms with Gasteiger partial charge in [-0.1, -0.05) is 0 Å². The van der Waals surface area contributed by atoms with E-state index in [1.54, 1.807) is 18.5 Å². The van der Waals surface area contributed by atoms with Gasteiger partial charge in [0.25, 0.3) is 0 Å². The highest BCUT2D eigenvalue weighted by Crippen LogP contribution is 2.16. The van der Waals surface area contributed by atoms with Crippen molar-refractivity contribution in [3.63, 3.8) is 0 Å². The van der Waals surface area contributed by atoms with E-state index in [1.807, 2.05) is 12.3 Å². The standard InChI is InChI=1S/C14H14FN3OS/c1-20-14-7-12(4-5-17-14)18-13(19)3-2-10-6-11(15)9-16-8-10/h4-9H,2-3H2,1H3,(H,17,18,19). The molecule has 0 aliphatic heterocycles. The van der Waals surface area contributed by atoms with E-state index in [2.05, 4.69) is 15.3 Å². The van der Waals surface area contributed by atoms with Crippen molar-refractivity contribution in [1.29, 1.82) is 0 Å². The molecule has 20 heavy (non-hydrogen) atoms. The van der Waals surface area contributed by atoms with Crippen LogP contribution in [0, 0.1) is 5.82 Å². The first-order valence-electron chi connectivity index (χ1n) is 6.06. The van der Waals surface area contributed by atoms with E-state index in [1.165, 1.54) is 17.8 Å². The molecule has 2 aromatic heterocycles.